The monoisotopic (exact) mass is 197 g/mol. The zero-order chi connectivity index (χ0) is 10.6. The van der Waals surface area contributed by atoms with Crippen molar-refractivity contribution in [3.63, 3.8) is 0 Å². The molecule has 0 bridgehead atoms. The number of aromatic nitrogens is 2. The maximum absolute atomic E-state index is 9.54. The zero-order valence-electron chi connectivity index (χ0n) is 8.40. The highest BCUT2D eigenvalue weighted by Gasteiger charge is 2.13. The number of nitrogens with zero attached hydrogens (tertiary/aromatic N) is 2. The smallest absolute Gasteiger partial charge is 0.222 e. The molecule has 1 heterocycles. The van der Waals surface area contributed by atoms with Gasteiger partial charge < -0.3 is 15.6 Å². The Morgan fingerprint density at radius 3 is 2.93 bits per heavy atom. The third kappa shape index (κ3) is 2.40. The minimum atomic E-state index is -0.767. The lowest BCUT2D eigenvalue weighted by Gasteiger charge is -2.12. The minimum Gasteiger partial charge on any atom is -0.478 e. The second-order valence-corrected chi connectivity index (χ2v) is 2.86. The molecule has 0 aliphatic heterocycles. The Kier molecular flexibility index (Phi) is 3.79. The Labute approximate surface area is 82.9 Å². The average Bonchev–Trinajstić information content (AvgIpc) is 2.17. The molecule has 14 heavy (non-hydrogen) atoms. The zero-order valence-corrected chi connectivity index (χ0v) is 8.40. The molecule has 0 aliphatic carbocycles. The van der Waals surface area contributed by atoms with Gasteiger partial charge in [0.2, 0.25) is 5.88 Å². The van der Waals surface area contributed by atoms with Crippen LogP contribution in [-0.2, 0) is 0 Å². The Morgan fingerprint density at radius 2 is 2.36 bits per heavy atom. The molecule has 0 saturated carbocycles. The van der Waals surface area contributed by atoms with E-state index in [1.54, 1.807) is 13.1 Å². The summed E-state index contributed by atoms with van der Waals surface area (Å²) in [6.45, 7) is 4.25. The number of hydrogen-bond acceptors (Lipinski definition) is 5. The molecular weight excluding hydrogens is 182 g/mol. The highest BCUT2D eigenvalue weighted by molar-refractivity contribution is 5.26. The third-order valence-electron chi connectivity index (χ3n) is 1.76. The van der Waals surface area contributed by atoms with Gasteiger partial charge in [0.15, 0.2) is 0 Å². The number of hydrogen-bond donors (Lipinski definition) is 2. The van der Waals surface area contributed by atoms with Gasteiger partial charge in [-0.25, -0.2) is 4.98 Å². The summed E-state index contributed by atoms with van der Waals surface area (Å²) < 4.78 is 5.27. The van der Waals surface area contributed by atoms with Gasteiger partial charge >= 0.3 is 0 Å². The molecule has 5 heteroatoms. The summed E-state index contributed by atoms with van der Waals surface area (Å²) in [6.07, 6.45) is 0.780. The minimum absolute atomic E-state index is 0.131. The van der Waals surface area contributed by atoms with E-state index in [-0.39, 0.29) is 6.54 Å². The summed E-state index contributed by atoms with van der Waals surface area (Å²) in [6, 6.07) is 0. The predicted octanol–water partition coefficient (Wildman–Crippen LogP) is 0.176. The fourth-order valence-electron chi connectivity index (χ4n) is 1.07. The molecule has 1 rings (SSSR count). The second-order valence-electron chi connectivity index (χ2n) is 2.86. The van der Waals surface area contributed by atoms with Crippen LogP contribution in [0.5, 0.6) is 5.88 Å². The van der Waals surface area contributed by atoms with Crippen LogP contribution in [0, 0.1) is 6.92 Å². The van der Waals surface area contributed by atoms with Gasteiger partial charge in [-0.2, -0.15) is 4.98 Å². The number of ether oxygens (including phenoxy) is 1. The van der Waals surface area contributed by atoms with Gasteiger partial charge in [-0.1, -0.05) is 0 Å². The molecule has 1 aromatic heterocycles. The van der Waals surface area contributed by atoms with E-state index in [0.29, 0.717) is 23.9 Å². The quantitative estimate of drug-likeness (QED) is 0.719. The van der Waals surface area contributed by atoms with Gasteiger partial charge in [0.05, 0.1) is 18.3 Å². The summed E-state index contributed by atoms with van der Waals surface area (Å²) >= 11 is 0. The van der Waals surface area contributed by atoms with Gasteiger partial charge in [-0.15, -0.1) is 0 Å². The SMILES string of the molecule is CCOc1nc(C)ncc1C(O)CN. The van der Waals surface area contributed by atoms with Gasteiger partial charge in [0.25, 0.3) is 0 Å². The lowest BCUT2D eigenvalue weighted by atomic mass is 10.2. The maximum Gasteiger partial charge on any atom is 0.222 e. The van der Waals surface area contributed by atoms with Crippen molar-refractivity contribution in [2.45, 2.75) is 20.0 Å². The van der Waals surface area contributed by atoms with Gasteiger partial charge in [0.1, 0.15) is 5.82 Å². The van der Waals surface area contributed by atoms with E-state index >= 15 is 0 Å². The Morgan fingerprint density at radius 1 is 1.64 bits per heavy atom. The molecule has 0 fully saturated rings. The van der Waals surface area contributed by atoms with E-state index in [1.165, 1.54) is 0 Å². The van der Waals surface area contributed by atoms with E-state index < -0.39 is 6.10 Å². The predicted molar refractivity (Wildman–Crippen MR) is 52.0 cm³/mol. The molecule has 1 unspecified atom stereocenters. The summed E-state index contributed by atoms with van der Waals surface area (Å²) in [5.41, 5.74) is 5.89. The van der Waals surface area contributed by atoms with E-state index in [4.69, 9.17) is 10.5 Å². The van der Waals surface area contributed by atoms with Crippen molar-refractivity contribution in [2.24, 2.45) is 5.73 Å². The lowest BCUT2D eigenvalue weighted by molar-refractivity contribution is 0.178. The summed E-state index contributed by atoms with van der Waals surface area (Å²) in [7, 11) is 0. The summed E-state index contributed by atoms with van der Waals surface area (Å²) in [5.74, 6) is 1.03. The standard InChI is InChI=1S/C9H15N3O2/c1-3-14-9-7(8(13)4-10)5-11-6(2)12-9/h5,8,13H,3-4,10H2,1-2H3. The number of aliphatic hydroxyl groups excluding tert-OH is 1. The molecule has 3 N–H and O–H groups in total. The number of rotatable bonds is 4. The Balaban J connectivity index is 3.01. The van der Waals surface area contributed by atoms with Crippen LogP contribution in [0.15, 0.2) is 6.20 Å². The largest absolute Gasteiger partial charge is 0.478 e. The average molecular weight is 197 g/mol. The van der Waals surface area contributed by atoms with Crippen molar-refractivity contribution < 1.29 is 9.84 Å². The molecular formula is C9H15N3O2. The molecule has 0 aliphatic rings. The molecule has 0 radical (unpaired) electrons. The topological polar surface area (TPSA) is 81.3 Å². The first-order valence-electron chi connectivity index (χ1n) is 4.53. The van der Waals surface area contributed by atoms with Crippen molar-refractivity contribution in [3.05, 3.63) is 17.6 Å². The summed E-state index contributed by atoms with van der Waals surface area (Å²) in [4.78, 5) is 8.07. The molecule has 0 amide bonds. The van der Waals surface area contributed by atoms with Crippen LogP contribution in [0.25, 0.3) is 0 Å². The van der Waals surface area contributed by atoms with Crippen LogP contribution in [0.3, 0.4) is 0 Å². The number of aliphatic hydroxyl groups is 1. The first-order chi connectivity index (χ1) is 6.69. The van der Waals surface area contributed by atoms with Crippen molar-refractivity contribution in [1.82, 2.24) is 9.97 Å². The second kappa shape index (κ2) is 4.88. The number of aryl methyl sites for hydroxylation is 1. The van der Waals surface area contributed by atoms with E-state index in [2.05, 4.69) is 9.97 Å². The Hall–Kier alpha value is -1.20. The molecule has 5 nitrogen and oxygen atoms in total. The first-order valence-corrected chi connectivity index (χ1v) is 4.53. The maximum atomic E-state index is 9.54. The van der Waals surface area contributed by atoms with Crippen molar-refractivity contribution in [3.8, 4) is 5.88 Å². The third-order valence-corrected chi connectivity index (χ3v) is 1.76. The fourth-order valence-corrected chi connectivity index (χ4v) is 1.07. The van der Waals surface area contributed by atoms with Gasteiger partial charge in [0, 0.05) is 12.7 Å². The van der Waals surface area contributed by atoms with Crippen molar-refractivity contribution in [2.75, 3.05) is 13.2 Å². The Bertz CT molecular complexity index is 304. The highest BCUT2D eigenvalue weighted by atomic mass is 16.5. The van der Waals surface area contributed by atoms with Crippen LogP contribution in [0.1, 0.15) is 24.4 Å². The first kappa shape index (κ1) is 10.9. The normalized spacial score (nSPS) is 12.6. The van der Waals surface area contributed by atoms with Crippen LogP contribution in [0.2, 0.25) is 0 Å². The van der Waals surface area contributed by atoms with E-state index in [1.807, 2.05) is 6.92 Å². The van der Waals surface area contributed by atoms with Crippen molar-refractivity contribution in [1.29, 1.82) is 0 Å². The van der Waals surface area contributed by atoms with Crippen LogP contribution in [-0.4, -0.2) is 28.2 Å². The van der Waals surface area contributed by atoms with Gasteiger partial charge in [-0.3, -0.25) is 0 Å². The molecule has 1 aromatic rings. The van der Waals surface area contributed by atoms with Crippen LogP contribution < -0.4 is 10.5 Å². The van der Waals surface area contributed by atoms with E-state index in [9.17, 15) is 5.11 Å². The molecule has 0 saturated heterocycles. The summed E-state index contributed by atoms with van der Waals surface area (Å²) in [5, 5.41) is 9.54. The molecule has 0 spiro atoms. The molecule has 1 atom stereocenters. The highest BCUT2D eigenvalue weighted by Crippen LogP contribution is 2.21. The van der Waals surface area contributed by atoms with E-state index in [0.717, 1.165) is 0 Å². The molecule has 0 aromatic carbocycles. The fraction of sp³-hybridized carbons (Fsp3) is 0.556. The number of nitrogens with two attached hydrogens (primary N) is 1. The van der Waals surface area contributed by atoms with Gasteiger partial charge in [-0.05, 0) is 13.8 Å². The van der Waals surface area contributed by atoms with Crippen molar-refractivity contribution >= 4 is 0 Å². The lowest BCUT2D eigenvalue weighted by Crippen LogP contribution is -2.14. The van der Waals surface area contributed by atoms with Crippen LogP contribution >= 0.6 is 0 Å². The van der Waals surface area contributed by atoms with Crippen LogP contribution in [0.4, 0.5) is 0 Å². The molecule has 78 valence electrons.